The molecule has 0 radical (unpaired) electrons. The van der Waals surface area contributed by atoms with Crippen molar-refractivity contribution in [2.45, 2.75) is 51.7 Å². The minimum atomic E-state index is 0.485. The number of hydrogen-bond donors (Lipinski definition) is 2. The van der Waals surface area contributed by atoms with E-state index in [1.54, 1.807) is 0 Å². The average molecular weight is 361 g/mol. The van der Waals surface area contributed by atoms with Crippen LogP contribution in [0.5, 0.6) is 0 Å². The van der Waals surface area contributed by atoms with Crippen molar-refractivity contribution >= 4 is 17.6 Å². The van der Waals surface area contributed by atoms with Crippen molar-refractivity contribution in [3.63, 3.8) is 0 Å². The molecule has 134 valence electrons. The van der Waals surface area contributed by atoms with Crippen LogP contribution in [-0.4, -0.2) is 26.8 Å². The molecule has 0 unspecified atom stereocenters. The van der Waals surface area contributed by atoms with Gasteiger partial charge in [-0.05, 0) is 31.4 Å². The van der Waals surface area contributed by atoms with Gasteiger partial charge >= 0.3 is 0 Å². The van der Waals surface area contributed by atoms with Gasteiger partial charge in [-0.2, -0.15) is 0 Å². The van der Waals surface area contributed by atoms with Crippen LogP contribution in [0.25, 0.3) is 0 Å². The fourth-order valence-electron chi connectivity index (χ4n) is 2.97. The number of aliphatic imine (C=N–C) groups is 1. The molecule has 1 heterocycles. The van der Waals surface area contributed by atoms with Crippen molar-refractivity contribution in [2.24, 2.45) is 12.0 Å². The molecule has 1 fully saturated rings. The van der Waals surface area contributed by atoms with Gasteiger partial charge < -0.3 is 15.2 Å². The Kier molecular flexibility index (Phi) is 5.91. The molecule has 1 saturated carbocycles. The maximum atomic E-state index is 6.24. The fraction of sp³-hybridized carbons (Fsp3) is 0.500. The van der Waals surface area contributed by atoms with Gasteiger partial charge in [-0.1, -0.05) is 42.6 Å². The van der Waals surface area contributed by atoms with Crippen LogP contribution in [0.15, 0.2) is 29.3 Å². The highest BCUT2D eigenvalue weighted by Crippen LogP contribution is 2.18. The molecule has 0 bridgehead atoms. The van der Waals surface area contributed by atoms with E-state index in [2.05, 4.69) is 20.8 Å². The maximum Gasteiger partial charge on any atom is 0.192 e. The Morgan fingerprint density at radius 1 is 1.28 bits per heavy atom. The first kappa shape index (κ1) is 17.7. The van der Waals surface area contributed by atoms with Crippen LogP contribution < -0.4 is 10.6 Å². The van der Waals surface area contributed by atoms with E-state index in [1.807, 2.05) is 42.8 Å². The van der Waals surface area contributed by atoms with Crippen molar-refractivity contribution in [2.75, 3.05) is 0 Å². The number of guanidine groups is 1. The van der Waals surface area contributed by atoms with Crippen LogP contribution >= 0.6 is 11.6 Å². The fourth-order valence-corrected chi connectivity index (χ4v) is 3.17. The largest absolute Gasteiger partial charge is 0.354 e. The monoisotopic (exact) mass is 360 g/mol. The predicted octanol–water partition coefficient (Wildman–Crippen LogP) is 2.95. The minimum Gasteiger partial charge on any atom is -0.354 e. The summed E-state index contributed by atoms with van der Waals surface area (Å²) >= 11 is 6.24. The highest BCUT2D eigenvalue weighted by molar-refractivity contribution is 6.31. The molecule has 2 N–H and O–H groups in total. The standard InChI is InChI=1S/C18H25ClN6/c1-13-23-24-17(25(13)2)12-21-18(22-15-8-4-5-9-15)20-11-14-7-3-6-10-16(14)19/h3,6-7,10,15H,4-5,8-9,11-12H2,1-2H3,(H2,20,21,22). The summed E-state index contributed by atoms with van der Waals surface area (Å²) in [6.07, 6.45) is 4.93. The Labute approximate surface area is 153 Å². The summed E-state index contributed by atoms with van der Waals surface area (Å²) in [6, 6.07) is 8.30. The van der Waals surface area contributed by atoms with Crippen LogP contribution in [0.3, 0.4) is 0 Å². The first-order valence-corrected chi connectivity index (χ1v) is 9.14. The van der Waals surface area contributed by atoms with Crippen LogP contribution in [0.4, 0.5) is 0 Å². The summed E-state index contributed by atoms with van der Waals surface area (Å²) in [4.78, 5) is 4.72. The molecule has 25 heavy (non-hydrogen) atoms. The number of halogens is 1. The van der Waals surface area contributed by atoms with E-state index in [-0.39, 0.29) is 0 Å². The Morgan fingerprint density at radius 3 is 2.72 bits per heavy atom. The third-order valence-electron chi connectivity index (χ3n) is 4.66. The summed E-state index contributed by atoms with van der Waals surface area (Å²) in [5.74, 6) is 2.58. The maximum absolute atomic E-state index is 6.24. The second kappa shape index (κ2) is 8.34. The zero-order valence-corrected chi connectivity index (χ0v) is 15.6. The molecule has 0 saturated heterocycles. The average Bonchev–Trinajstić information content (AvgIpc) is 3.23. The summed E-state index contributed by atoms with van der Waals surface area (Å²) in [5.41, 5.74) is 1.02. The van der Waals surface area contributed by atoms with Gasteiger partial charge in [0, 0.05) is 18.1 Å². The SMILES string of the molecule is Cc1nnc(CNC(=NCc2ccccc2Cl)NC2CCCC2)n1C. The Hall–Kier alpha value is -2.08. The second-order valence-electron chi connectivity index (χ2n) is 6.46. The first-order chi connectivity index (χ1) is 12.1. The molecule has 0 atom stereocenters. The lowest BCUT2D eigenvalue weighted by atomic mass is 10.2. The molecule has 0 spiro atoms. The van der Waals surface area contributed by atoms with Gasteiger partial charge in [0.15, 0.2) is 11.8 Å². The van der Waals surface area contributed by atoms with Crippen molar-refractivity contribution in [3.8, 4) is 0 Å². The van der Waals surface area contributed by atoms with Crippen molar-refractivity contribution in [3.05, 3.63) is 46.5 Å². The Bertz CT molecular complexity index is 733. The summed E-state index contributed by atoms with van der Waals surface area (Å²) < 4.78 is 1.98. The molecule has 1 aromatic heterocycles. The topological polar surface area (TPSA) is 67.1 Å². The normalized spacial score (nSPS) is 15.6. The number of benzene rings is 1. The zero-order valence-electron chi connectivity index (χ0n) is 14.8. The molecule has 3 rings (SSSR count). The van der Waals surface area contributed by atoms with E-state index in [4.69, 9.17) is 16.6 Å². The molecular formula is C18H25ClN6. The molecule has 0 aliphatic heterocycles. The number of aromatic nitrogens is 3. The van der Waals surface area contributed by atoms with Gasteiger partial charge in [-0.25, -0.2) is 4.99 Å². The number of aryl methyl sites for hydroxylation is 1. The number of nitrogens with one attached hydrogen (secondary N) is 2. The Morgan fingerprint density at radius 2 is 2.04 bits per heavy atom. The lowest BCUT2D eigenvalue weighted by Crippen LogP contribution is -2.42. The van der Waals surface area contributed by atoms with Crippen LogP contribution in [0.1, 0.15) is 42.9 Å². The van der Waals surface area contributed by atoms with Gasteiger partial charge in [-0.3, -0.25) is 0 Å². The third-order valence-corrected chi connectivity index (χ3v) is 5.03. The van der Waals surface area contributed by atoms with Crippen molar-refractivity contribution in [1.82, 2.24) is 25.4 Å². The number of rotatable bonds is 5. The van der Waals surface area contributed by atoms with E-state index in [0.717, 1.165) is 28.2 Å². The van der Waals surface area contributed by atoms with Crippen molar-refractivity contribution < 1.29 is 0 Å². The van der Waals surface area contributed by atoms with E-state index in [9.17, 15) is 0 Å². The molecule has 7 heteroatoms. The molecule has 2 aromatic rings. The number of hydrogen-bond acceptors (Lipinski definition) is 3. The quantitative estimate of drug-likeness (QED) is 0.635. The second-order valence-corrected chi connectivity index (χ2v) is 6.87. The van der Waals surface area contributed by atoms with Crippen LogP contribution in [0.2, 0.25) is 5.02 Å². The highest BCUT2D eigenvalue weighted by Gasteiger charge is 2.16. The Balaban J connectivity index is 1.68. The zero-order chi connectivity index (χ0) is 17.6. The smallest absolute Gasteiger partial charge is 0.192 e. The van der Waals surface area contributed by atoms with Crippen molar-refractivity contribution in [1.29, 1.82) is 0 Å². The molecule has 0 amide bonds. The first-order valence-electron chi connectivity index (χ1n) is 8.76. The molecule has 1 aromatic carbocycles. The third kappa shape index (κ3) is 4.72. The van der Waals surface area contributed by atoms with Crippen LogP contribution in [-0.2, 0) is 20.1 Å². The van der Waals surface area contributed by atoms with E-state index in [0.29, 0.717) is 19.1 Å². The highest BCUT2D eigenvalue weighted by atomic mass is 35.5. The molecular weight excluding hydrogens is 336 g/mol. The lowest BCUT2D eigenvalue weighted by Gasteiger charge is -2.17. The summed E-state index contributed by atoms with van der Waals surface area (Å²) in [5, 5.41) is 16.0. The van der Waals surface area contributed by atoms with E-state index in [1.165, 1.54) is 25.7 Å². The number of nitrogens with zero attached hydrogens (tertiary/aromatic N) is 4. The summed E-state index contributed by atoms with van der Waals surface area (Å²) in [7, 11) is 1.97. The van der Waals surface area contributed by atoms with Gasteiger partial charge in [0.1, 0.15) is 5.82 Å². The minimum absolute atomic E-state index is 0.485. The summed E-state index contributed by atoms with van der Waals surface area (Å²) in [6.45, 7) is 3.07. The van der Waals surface area contributed by atoms with Gasteiger partial charge in [0.05, 0.1) is 13.1 Å². The van der Waals surface area contributed by atoms with Gasteiger partial charge in [0.2, 0.25) is 0 Å². The molecule has 1 aliphatic rings. The van der Waals surface area contributed by atoms with Gasteiger partial charge in [-0.15, -0.1) is 10.2 Å². The molecule has 6 nitrogen and oxygen atoms in total. The predicted molar refractivity (Wildman–Crippen MR) is 101 cm³/mol. The van der Waals surface area contributed by atoms with E-state index >= 15 is 0 Å². The van der Waals surface area contributed by atoms with E-state index < -0.39 is 0 Å². The lowest BCUT2D eigenvalue weighted by molar-refractivity contribution is 0.606. The molecule has 1 aliphatic carbocycles. The van der Waals surface area contributed by atoms with Gasteiger partial charge in [0.25, 0.3) is 0 Å². The van der Waals surface area contributed by atoms with Crippen LogP contribution in [0, 0.1) is 6.92 Å².